The lowest BCUT2D eigenvalue weighted by molar-refractivity contribution is 0.263. The van der Waals surface area contributed by atoms with Crippen LogP contribution in [0, 0.1) is 0 Å². The molecule has 0 spiro atoms. The van der Waals surface area contributed by atoms with Gasteiger partial charge >= 0.3 is 0 Å². The van der Waals surface area contributed by atoms with Crippen LogP contribution >= 0.6 is 0 Å². The number of anilines is 4. The van der Waals surface area contributed by atoms with E-state index in [1.54, 1.807) is 0 Å². The summed E-state index contributed by atoms with van der Waals surface area (Å²) in [6, 6.07) is 59.8. The number of hydrogen-bond acceptors (Lipinski definition) is 4. The molecule has 49 heavy (non-hydrogen) atoms. The highest BCUT2D eigenvalue weighted by molar-refractivity contribution is 6.14. The van der Waals surface area contributed by atoms with Crippen molar-refractivity contribution in [1.29, 1.82) is 0 Å². The number of hydrogen-bond donors (Lipinski definition) is 1. The third-order valence-corrected chi connectivity index (χ3v) is 9.67. The summed E-state index contributed by atoms with van der Waals surface area (Å²) in [4.78, 5) is 2.36. The summed E-state index contributed by atoms with van der Waals surface area (Å²) in [5.74, 6) is 0.900. The smallest absolute Gasteiger partial charge is 0.196 e. The summed E-state index contributed by atoms with van der Waals surface area (Å²) in [6.07, 6.45) is -0.222. The summed E-state index contributed by atoms with van der Waals surface area (Å²) in [5, 5.41) is 10.4. The van der Waals surface area contributed by atoms with Gasteiger partial charge in [-0.05, 0) is 76.3 Å². The molecule has 0 saturated carbocycles. The van der Waals surface area contributed by atoms with Crippen LogP contribution < -0.4 is 15.0 Å². The molecule has 1 aromatic heterocycles. The van der Waals surface area contributed by atoms with Gasteiger partial charge in [-0.3, -0.25) is 0 Å². The summed E-state index contributed by atoms with van der Waals surface area (Å²) < 4.78 is 12.8. The summed E-state index contributed by atoms with van der Waals surface area (Å²) in [6.45, 7) is 0. The zero-order chi connectivity index (χ0) is 32.3. The standard InChI is InChI=1S/C45H30N2O2/c1-3-11-30(12-4-1)45-46-39-25-21-29-19-20-31-27-34(23-24-36(31)43(29)44(39)49-45)47(33-13-5-2-6-14-33)40-17-9-7-15-35(40)32-22-26-42-38(28-32)37-16-8-10-18-41(37)48-42/h1-28,45-46H. The van der Waals surface area contributed by atoms with Crippen molar-refractivity contribution in [1.82, 2.24) is 0 Å². The van der Waals surface area contributed by atoms with E-state index in [9.17, 15) is 0 Å². The average Bonchev–Trinajstić information content (AvgIpc) is 3.78. The normalized spacial score (nSPS) is 13.8. The van der Waals surface area contributed by atoms with Crippen molar-refractivity contribution >= 4 is 66.2 Å². The predicted molar refractivity (Wildman–Crippen MR) is 202 cm³/mol. The third kappa shape index (κ3) is 4.53. The van der Waals surface area contributed by atoms with E-state index in [0.29, 0.717) is 0 Å². The zero-order valence-corrected chi connectivity index (χ0v) is 26.5. The molecule has 232 valence electrons. The molecule has 9 aromatic rings. The Labute approximate surface area is 283 Å². The fourth-order valence-electron chi connectivity index (χ4n) is 7.36. The van der Waals surface area contributed by atoms with Gasteiger partial charge in [0.05, 0.1) is 11.4 Å². The quantitative estimate of drug-likeness (QED) is 0.192. The van der Waals surface area contributed by atoms with Crippen molar-refractivity contribution < 1.29 is 9.15 Å². The molecule has 0 radical (unpaired) electrons. The van der Waals surface area contributed by atoms with E-state index in [2.05, 4.69) is 150 Å². The average molecular weight is 631 g/mol. The summed E-state index contributed by atoms with van der Waals surface area (Å²) >= 11 is 0. The molecule has 4 heteroatoms. The monoisotopic (exact) mass is 630 g/mol. The molecule has 4 nitrogen and oxygen atoms in total. The van der Waals surface area contributed by atoms with Crippen molar-refractivity contribution in [3.8, 4) is 16.9 Å². The SMILES string of the molecule is c1ccc(C2Nc3ccc4ccc5cc(N(c6ccccc6)c6ccccc6-c6ccc7oc8ccccc8c7c6)ccc5c4c3O2)cc1. The molecule has 1 atom stereocenters. The molecule has 0 bridgehead atoms. The maximum absolute atomic E-state index is 6.62. The van der Waals surface area contributed by atoms with Gasteiger partial charge in [0, 0.05) is 38.7 Å². The van der Waals surface area contributed by atoms with Gasteiger partial charge in [0.25, 0.3) is 0 Å². The zero-order valence-electron chi connectivity index (χ0n) is 26.5. The van der Waals surface area contributed by atoms with Gasteiger partial charge in [-0.15, -0.1) is 0 Å². The number of furan rings is 1. The highest BCUT2D eigenvalue weighted by Gasteiger charge is 2.26. The van der Waals surface area contributed by atoms with Crippen LogP contribution in [0.25, 0.3) is 54.6 Å². The fourth-order valence-corrected chi connectivity index (χ4v) is 7.36. The minimum atomic E-state index is -0.222. The Morgan fingerprint density at radius 1 is 0.510 bits per heavy atom. The Bertz CT molecular complexity index is 2680. The lowest BCUT2D eigenvalue weighted by Gasteiger charge is -2.28. The molecule has 1 aliphatic heterocycles. The van der Waals surface area contributed by atoms with Crippen molar-refractivity contribution in [2.24, 2.45) is 0 Å². The van der Waals surface area contributed by atoms with Crippen LogP contribution in [0.1, 0.15) is 11.8 Å². The van der Waals surface area contributed by atoms with Crippen molar-refractivity contribution in [2.45, 2.75) is 6.23 Å². The molecule has 1 unspecified atom stereocenters. The topological polar surface area (TPSA) is 37.6 Å². The van der Waals surface area contributed by atoms with Crippen LogP contribution in [0.5, 0.6) is 5.75 Å². The van der Waals surface area contributed by atoms with E-state index < -0.39 is 0 Å². The van der Waals surface area contributed by atoms with Gasteiger partial charge in [0.15, 0.2) is 12.0 Å². The molecule has 10 rings (SSSR count). The molecule has 2 heterocycles. The highest BCUT2D eigenvalue weighted by atomic mass is 16.5. The van der Waals surface area contributed by atoms with Crippen LogP contribution in [0.4, 0.5) is 22.7 Å². The summed E-state index contributed by atoms with van der Waals surface area (Å²) in [5.41, 5.74) is 9.45. The van der Waals surface area contributed by atoms with Crippen LogP contribution in [0.2, 0.25) is 0 Å². The van der Waals surface area contributed by atoms with Gasteiger partial charge in [-0.1, -0.05) is 115 Å². The molecular weight excluding hydrogens is 601 g/mol. The van der Waals surface area contributed by atoms with Gasteiger partial charge in [0.1, 0.15) is 11.2 Å². The Hall–Kier alpha value is -6.52. The third-order valence-electron chi connectivity index (χ3n) is 9.67. The second kappa shape index (κ2) is 11.0. The molecule has 0 aliphatic carbocycles. The van der Waals surface area contributed by atoms with Gasteiger partial charge in [-0.2, -0.15) is 0 Å². The Morgan fingerprint density at radius 2 is 1.24 bits per heavy atom. The van der Waals surface area contributed by atoms with Crippen LogP contribution in [0.3, 0.4) is 0 Å². The number of fused-ring (bicyclic) bond motifs is 8. The molecular formula is C45H30N2O2. The minimum absolute atomic E-state index is 0.222. The van der Waals surface area contributed by atoms with Gasteiger partial charge < -0.3 is 19.4 Å². The lowest BCUT2D eigenvalue weighted by atomic mass is 9.98. The summed E-state index contributed by atoms with van der Waals surface area (Å²) in [7, 11) is 0. The molecule has 1 N–H and O–H groups in total. The molecule has 8 aromatic carbocycles. The highest BCUT2D eigenvalue weighted by Crippen LogP contribution is 2.47. The number of para-hydroxylation sites is 3. The number of rotatable bonds is 5. The second-order valence-electron chi connectivity index (χ2n) is 12.6. The maximum Gasteiger partial charge on any atom is 0.196 e. The van der Waals surface area contributed by atoms with Crippen LogP contribution in [-0.4, -0.2) is 0 Å². The predicted octanol–water partition coefficient (Wildman–Crippen LogP) is 12.5. The van der Waals surface area contributed by atoms with E-state index in [4.69, 9.17) is 9.15 Å². The first-order valence-electron chi connectivity index (χ1n) is 16.6. The number of nitrogens with one attached hydrogen (secondary N) is 1. The first-order chi connectivity index (χ1) is 24.3. The van der Waals surface area contributed by atoms with E-state index >= 15 is 0 Å². The molecule has 1 aliphatic rings. The van der Waals surface area contributed by atoms with Crippen molar-refractivity contribution in [3.63, 3.8) is 0 Å². The van der Waals surface area contributed by atoms with Crippen molar-refractivity contribution in [3.05, 3.63) is 175 Å². The van der Waals surface area contributed by atoms with E-state index in [0.717, 1.165) is 88.7 Å². The van der Waals surface area contributed by atoms with Gasteiger partial charge in [0.2, 0.25) is 0 Å². The molecule has 0 fully saturated rings. The minimum Gasteiger partial charge on any atom is -0.464 e. The number of ether oxygens (including phenoxy) is 1. The van der Waals surface area contributed by atoms with Crippen LogP contribution in [-0.2, 0) is 0 Å². The van der Waals surface area contributed by atoms with Crippen LogP contribution in [0.15, 0.2) is 174 Å². The van der Waals surface area contributed by atoms with Crippen molar-refractivity contribution in [2.75, 3.05) is 10.2 Å². The first-order valence-corrected chi connectivity index (χ1v) is 16.6. The largest absolute Gasteiger partial charge is 0.464 e. The van der Waals surface area contributed by atoms with E-state index in [1.807, 2.05) is 30.3 Å². The fraction of sp³-hybridized carbons (Fsp3) is 0.0222. The Morgan fingerprint density at radius 3 is 2.14 bits per heavy atom. The second-order valence-corrected chi connectivity index (χ2v) is 12.6. The van der Waals surface area contributed by atoms with Gasteiger partial charge in [-0.25, -0.2) is 0 Å². The molecule has 0 saturated heterocycles. The number of nitrogens with zero attached hydrogens (tertiary/aromatic N) is 1. The Balaban J connectivity index is 1.12. The Kier molecular flexibility index (Phi) is 6.21. The van der Waals surface area contributed by atoms with E-state index in [1.165, 1.54) is 0 Å². The molecule has 0 amide bonds. The van der Waals surface area contributed by atoms with E-state index in [-0.39, 0.29) is 6.23 Å². The first kappa shape index (κ1) is 27.6. The maximum atomic E-state index is 6.62. The number of benzene rings is 8. The lowest BCUT2D eigenvalue weighted by Crippen LogP contribution is -2.11.